The summed E-state index contributed by atoms with van der Waals surface area (Å²) in [5.41, 5.74) is 22.0. The molecule has 4 unspecified atom stereocenters. The Kier molecular flexibility index (Phi) is 13.2. The molecule has 0 aliphatic carbocycles. The first-order valence-electron chi connectivity index (χ1n) is 12.0. The maximum absolute atomic E-state index is 13.2. The molecule has 16 heteroatoms. The van der Waals surface area contributed by atoms with Gasteiger partial charge >= 0.3 is 5.97 Å². The van der Waals surface area contributed by atoms with Crippen LogP contribution in [0.5, 0.6) is 0 Å². The lowest BCUT2D eigenvalue weighted by atomic mass is 10.0. The zero-order valence-corrected chi connectivity index (χ0v) is 21.5. The number of aromatic nitrogens is 2. The van der Waals surface area contributed by atoms with Crippen LogP contribution in [-0.2, 0) is 30.4 Å². The van der Waals surface area contributed by atoms with Gasteiger partial charge in [0.25, 0.3) is 0 Å². The predicted octanol–water partition coefficient (Wildman–Crippen LogP) is -3.21. The molecule has 0 bridgehead atoms. The van der Waals surface area contributed by atoms with Crippen LogP contribution in [-0.4, -0.2) is 81.3 Å². The molecule has 1 rings (SSSR count). The zero-order chi connectivity index (χ0) is 28.8. The van der Waals surface area contributed by atoms with Gasteiger partial charge in [-0.15, -0.1) is 0 Å². The van der Waals surface area contributed by atoms with Gasteiger partial charge in [-0.05, 0) is 25.2 Å². The van der Waals surface area contributed by atoms with E-state index in [1.807, 2.05) is 0 Å². The lowest BCUT2D eigenvalue weighted by Gasteiger charge is -2.27. The van der Waals surface area contributed by atoms with Crippen LogP contribution >= 0.6 is 0 Å². The van der Waals surface area contributed by atoms with E-state index < -0.39 is 53.8 Å². The van der Waals surface area contributed by atoms with E-state index >= 15 is 0 Å². The number of carbonyl (C=O) groups excluding carboxylic acids is 4. The molecule has 1 aromatic heterocycles. The fraction of sp³-hybridized carbons (Fsp3) is 0.591. The van der Waals surface area contributed by atoms with Gasteiger partial charge < -0.3 is 49.0 Å². The summed E-state index contributed by atoms with van der Waals surface area (Å²) in [5, 5.41) is 16.9. The number of hydrogen-bond acceptors (Lipinski definition) is 8. The van der Waals surface area contributed by atoms with Gasteiger partial charge in [-0.2, -0.15) is 0 Å². The molecule has 0 aliphatic heterocycles. The van der Waals surface area contributed by atoms with Gasteiger partial charge in [0.1, 0.15) is 18.1 Å². The lowest BCUT2D eigenvalue weighted by molar-refractivity contribution is -0.142. The Balaban J connectivity index is 2.95. The summed E-state index contributed by atoms with van der Waals surface area (Å²) < 4.78 is 0. The topological polar surface area (TPSA) is 287 Å². The Morgan fingerprint density at radius 1 is 1.00 bits per heavy atom. The number of aliphatic carboxylic acids is 1. The van der Waals surface area contributed by atoms with Crippen LogP contribution in [0.2, 0.25) is 0 Å². The Labute approximate surface area is 219 Å². The van der Waals surface area contributed by atoms with Crippen LogP contribution in [0.4, 0.5) is 0 Å². The van der Waals surface area contributed by atoms with Gasteiger partial charge in [0, 0.05) is 31.3 Å². The Morgan fingerprint density at radius 2 is 1.66 bits per heavy atom. The molecule has 1 heterocycles. The molecule has 0 spiro atoms. The van der Waals surface area contributed by atoms with Gasteiger partial charge in [-0.3, -0.25) is 24.2 Å². The molecule has 16 nitrogen and oxygen atoms in total. The standard InChI is InChI=1S/C22H38N10O6/c1-11(2)17(32-18(34)13(23)4-3-7-28-22(25)26)20(36)31-15(8-12-9-27-10-29-12)19(35)30-14(21(37)38)5-6-16(24)33/h9-11,13-15,17H,3-8,23H2,1-2H3,(H2,24,33)(H,27,29)(H,30,35)(H,31,36)(H,32,34)(H,37,38)(H4,25,26,28). The van der Waals surface area contributed by atoms with Crippen molar-refractivity contribution >= 4 is 35.6 Å². The van der Waals surface area contributed by atoms with E-state index in [9.17, 15) is 29.1 Å². The van der Waals surface area contributed by atoms with Crippen LogP contribution in [0.15, 0.2) is 17.5 Å². The minimum absolute atomic E-state index is 0.0528. The highest BCUT2D eigenvalue weighted by molar-refractivity contribution is 5.94. The number of primary amides is 1. The van der Waals surface area contributed by atoms with E-state index in [1.54, 1.807) is 13.8 Å². The molecule has 0 aromatic carbocycles. The predicted molar refractivity (Wildman–Crippen MR) is 137 cm³/mol. The normalized spacial score (nSPS) is 14.0. The fourth-order valence-corrected chi connectivity index (χ4v) is 3.35. The van der Waals surface area contributed by atoms with Crippen molar-refractivity contribution < 1.29 is 29.1 Å². The number of amides is 4. The average Bonchev–Trinajstić information content (AvgIpc) is 3.34. The monoisotopic (exact) mass is 538 g/mol. The van der Waals surface area contributed by atoms with E-state index in [2.05, 4.69) is 30.9 Å². The van der Waals surface area contributed by atoms with Crippen LogP contribution in [0.3, 0.4) is 0 Å². The molecule has 13 N–H and O–H groups in total. The number of carbonyl (C=O) groups is 5. The van der Waals surface area contributed by atoms with E-state index in [-0.39, 0.29) is 37.6 Å². The van der Waals surface area contributed by atoms with E-state index in [0.717, 1.165) is 0 Å². The summed E-state index contributed by atoms with van der Waals surface area (Å²) >= 11 is 0. The number of aromatic amines is 1. The SMILES string of the molecule is CC(C)C(NC(=O)C(N)CCCN=C(N)N)C(=O)NC(Cc1cnc[nH]1)C(=O)NC(CCC(N)=O)C(=O)O. The molecular formula is C22H38N10O6. The van der Waals surface area contributed by atoms with Crippen LogP contribution in [0, 0.1) is 5.92 Å². The number of nitrogens with zero attached hydrogens (tertiary/aromatic N) is 2. The number of carboxylic acid groups (broad SMARTS) is 1. The van der Waals surface area contributed by atoms with Crippen LogP contribution in [0.25, 0.3) is 0 Å². The van der Waals surface area contributed by atoms with Crippen molar-refractivity contribution in [2.45, 2.75) is 70.1 Å². The second-order valence-electron chi connectivity index (χ2n) is 9.03. The molecule has 0 saturated heterocycles. The summed E-state index contributed by atoms with van der Waals surface area (Å²) in [7, 11) is 0. The smallest absolute Gasteiger partial charge is 0.326 e. The van der Waals surface area contributed by atoms with Crippen molar-refractivity contribution in [2.75, 3.05) is 6.54 Å². The molecule has 212 valence electrons. The highest BCUT2D eigenvalue weighted by atomic mass is 16.4. The molecule has 4 atom stereocenters. The summed E-state index contributed by atoms with van der Waals surface area (Å²) in [5.74, 6) is -4.61. The quantitative estimate of drug-likeness (QED) is 0.0543. The minimum Gasteiger partial charge on any atom is -0.480 e. The van der Waals surface area contributed by atoms with Crippen molar-refractivity contribution in [3.05, 3.63) is 18.2 Å². The van der Waals surface area contributed by atoms with Gasteiger partial charge in [0.2, 0.25) is 23.6 Å². The summed E-state index contributed by atoms with van der Waals surface area (Å²) in [4.78, 5) is 71.9. The van der Waals surface area contributed by atoms with Gasteiger partial charge in [0.05, 0.1) is 12.4 Å². The lowest BCUT2D eigenvalue weighted by Crippen LogP contribution is -2.59. The Hall–Kier alpha value is -4.21. The van der Waals surface area contributed by atoms with Gasteiger partial charge in [-0.25, -0.2) is 9.78 Å². The average molecular weight is 539 g/mol. The van der Waals surface area contributed by atoms with Gasteiger partial charge in [-0.1, -0.05) is 13.8 Å². The number of carboxylic acids is 1. The largest absolute Gasteiger partial charge is 0.480 e. The first-order chi connectivity index (χ1) is 17.8. The third-order valence-electron chi connectivity index (χ3n) is 5.46. The van der Waals surface area contributed by atoms with Crippen molar-refractivity contribution in [2.24, 2.45) is 33.8 Å². The Bertz CT molecular complexity index is 977. The molecule has 0 fully saturated rings. The van der Waals surface area contributed by atoms with Crippen molar-refractivity contribution in [3.63, 3.8) is 0 Å². The molecular weight excluding hydrogens is 500 g/mol. The first-order valence-corrected chi connectivity index (χ1v) is 12.0. The number of nitrogens with one attached hydrogen (secondary N) is 4. The van der Waals surface area contributed by atoms with Gasteiger partial charge in [0.15, 0.2) is 5.96 Å². The third kappa shape index (κ3) is 11.7. The molecule has 1 aromatic rings. The number of aliphatic imine (C=N–C) groups is 1. The third-order valence-corrected chi connectivity index (χ3v) is 5.46. The minimum atomic E-state index is -1.41. The zero-order valence-electron chi connectivity index (χ0n) is 21.5. The molecule has 0 aliphatic rings. The van der Waals surface area contributed by atoms with Crippen LogP contribution in [0.1, 0.15) is 45.2 Å². The molecule has 0 radical (unpaired) electrons. The number of H-pyrrole nitrogens is 1. The Morgan fingerprint density at radius 3 is 2.18 bits per heavy atom. The number of hydrogen-bond donors (Lipinski definition) is 9. The molecule has 4 amide bonds. The van der Waals surface area contributed by atoms with E-state index in [1.165, 1.54) is 12.5 Å². The first kappa shape index (κ1) is 31.8. The molecule has 0 saturated carbocycles. The molecule has 38 heavy (non-hydrogen) atoms. The van der Waals surface area contributed by atoms with Crippen molar-refractivity contribution in [3.8, 4) is 0 Å². The number of guanidine groups is 1. The van der Waals surface area contributed by atoms with E-state index in [0.29, 0.717) is 18.7 Å². The summed E-state index contributed by atoms with van der Waals surface area (Å²) in [6, 6.07) is -4.61. The number of imidazole rings is 1. The maximum Gasteiger partial charge on any atom is 0.326 e. The highest BCUT2D eigenvalue weighted by Crippen LogP contribution is 2.07. The van der Waals surface area contributed by atoms with Crippen molar-refractivity contribution in [1.82, 2.24) is 25.9 Å². The fourth-order valence-electron chi connectivity index (χ4n) is 3.35. The number of nitrogens with two attached hydrogens (primary N) is 4. The maximum atomic E-state index is 13.2. The second-order valence-corrected chi connectivity index (χ2v) is 9.03. The second kappa shape index (κ2) is 15.8. The number of rotatable bonds is 17. The summed E-state index contributed by atoms with van der Waals surface area (Å²) in [6.07, 6.45) is 2.99. The van der Waals surface area contributed by atoms with Crippen LogP contribution < -0.4 is 38.9 Å². The summed E-state index contributed by atoms with van der Waals surface area (Å²) in [6.45, 7) is 3.69. The van der Waals surface area contributed by atoms with Crippen molar-refractivity contribution in [1.29, 1.82) is 0 Å². The highest BCUT2D eigenvalue weighted by Gasteiger charge is 2.32. The van der Waals surface area contributed by atoms with E-state index in [4.69, 9.17) is 22.9 Å².